The SMILES string of the molecule is CCC(C)C(N)COc1ccc(F)cc1. The Balaban J connectivity index is 2.40. The summed E-state index contributed by atoms with van der Waals surface area (Å²) < 4.78 is 18.0. The molecule has 15 heavy (non-hydrogen) atoms. The first-order valence-corrected chi connectivity index (χ1v) is 5.27. The Hall–Kier alpha value is -1.09. The second-order valence-electron chi connectivity index (χ2n) is 3.81. The Labute approximate surface area is 90.2 Å². The number of benzene rings is 1. The van der Waals surface area contributed by atoms with Crippen LogP contribution in [-0.2, 0) is 0 Å². The van der Waals surface area contributed by atoms with Crippen LogP contribution >= 0.6 is 0 Å². The number of hydrogen-bond donors (Lipinski definition) is 1. The molecule has 1 rings (SSSR count). The van der Waals surface area contributed by atoms with Crippen LogP contribution in [0.1, 0.15) is 20.3 Å². The van der Waals surface area contributed by atoms with E-state index in [9.17, 15) is 4.39 Å². The van der Waals surface area contributed by atoms with Crippen LogP contribution in [0.15, 0.2) is 24.3 Å². The molecule has 2 unspecified atom stereocenters. The van der Waals surface area contributed by atoms with Crippen molar-refractivity contribution in [2.75, 3.05) is 6.61 Å². The minimum Gasteiger partial charge on any atom is -0.492 e. The summed E-state index contributed by atoms with van der Waals surface area (Å²) in [6.45, 7) is 4.67. The molecule has 0 heterocycles. The first-order chi connectivity index (χ1) is 7.13. The summed E-state index contributed by atoms with van der Waals surface area (Å²) in [5, 5.41) is 0. The average molecular weight is 211 g/mol. The maximum atomic E-state index is 12.6. The molecule has 0 amide bonds. The van der Waals surface area contributed by atoms with Crippen LogP contribution in [0.5, 0.6) is 5.75 Å². The zero-order valence-corrected chi connectivity index (χ0v) is 9.24. The fraction of sp³-hybridized carbons (Fsp3) is 0.500. The monoisotopic (exact) mass is 211 g/mol. The van der Waals surface area contributed by atoms with Gasteiger partial charge in [-0.05, 0) is 30.2 Å². The number of ether oxygens (including phenoxy) is 1. The van der Waals surface area contributed by atoms with Crippen molar-refractivity contribution in [3.05, 3.63) is 30.1 Å². The lowest BCUT2D eigenvalue weighted by atomic mass is 10.0. The molecule has 0 spiro atoms. The van der Waals surface area contributed by atoms with Crippen LogP contribution in [-0.4, -0.2) is 12.6 Å². The fourth-order valence-electron chi connectivity index (χ4n) is 1.19. The molecule has 0 aliphatic heterocycles. The van der Waals surface area contributed by atoms with Gasteiger partial charge in [0.2, 0.25) is 0 Å². The predicted molar refractivity (Wildman–Crippen MR) is 59.3 cm³/mol. The van der Waals surface area contributed by atoms with E-state index in [1.165, 1.54) is 12.1 Å². The highest BCUT2D eigenvalue weighted by Gasteiger charge is 2.11. The van der Waals surface area contributed by atoms with Crippen molar-refractivity contribution in [1.29, 1.82) is 0 Å². The first-order valence-electron chi connectivity index (χ1n) is 5.27. The molecule has 2 nitrogen and oxygen atoms in total. The highest BCUT2D eigenvalue weighted by Crippen LogP contribution is 2.13. The molecular formula is C12H18FNO. The van der Waals surface area contributed by atoms with E-state index < -0.39 is 0 Å². The van der Waals surface area contributed by atoms with E-state index in [4.69, 9.17) is 10.5 Å². The minimum absolute atomic E-state index is 0.0278. The van der Waals surface area contributed by atoms with Gasteiger partial charge in [0, 0.05) is 6.04 Å². The Morgan fingerprint density at radius 1 is 1.33 bits per heavy atom. The molecule has 0 aromatic heterocycles. The lowest BCUT2D eigenvalue weighted by Gasteiger charge is -2.18. The lowest BCUT2D eigenvalue weighted by Crippen LogP contribution is -2.34. The smallest absolute Gasteiger partial charge is 0.123 e. The fourth-order valence-corrected chi connectivity index (χ4v) is 1.19. The van der Waals surface area contributed by atoms with Crippen LogP contribution < -0.4 is 10.5 Å². The molecule has 3 heteroatoms. The summed E-state index contributed by atoms with van der Waals surface area (Å²) in [6, 6.07) is 6.01. The van der Waals surface area contributed by atoms with Crippen LogP contribution in [0.3, 0.4) is 0 Å². The molecule has 1 aromatic carbocycles. The Morgan fingerprint density at radius 2 is 1.93 bits per heavy atom. The minimum atomic E-state index is -0.256. The van der Waals surface area contributed by atoms with Crippen molar-refractivity contribution in [3.8, 4) is 5.75 Å². The van der Waals surface area contributed by atoms with E-state index in [1.54, 1.807) is 12.1 Å². The van der Waals surface area contributed by atoms with Crippen LogP contribution in [0.25, 0.3) is 0 Å². The van der Waals surface area contributed by atoms with Crippen molar-refractivity contribution in [1.82, 2.24) is 0 Å². The molecule has 2 N–H and O–H groups in total. The maximum Gasteiger partial charge on any atom is 0.123 e. The van der Waals surface area contributed by atoms with Gasteiger partial charge >= 0.3 is 0 Å². The number of rotatable bonds is 5. The molecule has 0 radical (unpaired) electrons. The van der Waals surface area contributed by atoms with Gasteiger partial charge in [0.15, 0.2) is 0 Å². The molecule has 0 saturated carbocycles. The van der Waals surface area contributed by atoms with E-state index in [2.05, 4.69) is 13.8 Å². The molecule has 0 saturated heterocycles. The quantitative estimate of drug-likeness (QED) is 0.812. The largest absolute Gasteiger partial charge is 0.492 e. The highest BCUT2D eigenvalue weighted by atomic mass is 19.1. The Kier molecular flexibility index (Phi) is 4.56. The molecule has 1 aromatic rings. The standard InChI is InChI=1S/C12H18FNO/c1-3-9(2)12(14)8-15-11-6-4-10(13)5-7-11/h4-7,9,12H,3,8,14H2,1-2H3. The highest BCUT2D eigenvalue weighted by molar-refractivity contribution is 5.22. The number of hydrogen-bond acceptors (Lipinski definition) is 2. The number of nitrogens with two attached hydrogens (primary N) is 1. The van der Waals surface area contributed by atoms with Gasteiger partial charge in [0.05, 0.1) is 0 Å². The van der Waals surface area contributed by atoms with E-state index >= 15 is 0 Å². The van der Waals surface area contributed by atoms with Gasteiger partial charge in [-0.25, -0.2) is 4.39 Å². The van der Waals surface area contributed by atoms with Crippen LogP contribution in [0.2, 0.25) is 0 Å². The summed E-state index contributed by atoms with van der Waals surface area (Å²) in [7, 11) is 0. The van der Waals surface area contributed by atoms with Gasteiger partial charge in [0.1, 0.15) is 18.2 Å². The average Bonchev–Trinajstić information content (AvgIpc) is 2.26. The van der Waals surface area contributed by atoms with Gasteiger partial charge in [-0.1, -0.05) is 20.3 Å². The van der Waals surface area contributed by atoms with Gasteiger partial charge in [-0.15, -0.1) is 0 Å². The van der Waals surface area contributed by atoms with Crippen molar-refractivity contribution < 1.29 is 9.13 Å². The third-order valence-corrected chi connectivity index (χ3v) is 2.63. The summed E-state index contributed by atoms with van der Waals surface area (Å²) in [4.78, 5) is 0. The molecule has 0 aliphatic rings. The molecule has 2 atom stereocenters. The predicted octanol–water partition coefficient (Wildman–Crippen LogP) is 2.58. The summed E-state index contributed by atoms with van der Waals surface area (Å²) in [5.41, 5.74) is 5.91. The molecule has 0 aliphatic carbocycles. The van der Waals surface area contributed by atoms with E-state index in [-0.39, 0.29) is 11.9 Å². The molecule has 84 valence electrons. The molecule has 0 fully saturated rings. The first kappa shape index (κ1) is 12.0. The van der Waals surface area contributed by atoms with Crippen LogP contribution in [0.4, 0.5) is 4.39 Å². The van der Waals surface area contributed by atoms with E-state index in [1.807, 2.05) is 0 Å². The van der Waals surface area contributed by atoms with Gasteiger partial charge in [-0.3, -0.25) is 0 Å². The van der Waals surface area contributed by atoms with Crippen LogP contribution in [0, 0.1) is 11.7 Å². The van der Waals surface area contributed by atoms with E-state index in [0.29, 0.717) is 18.3 Å². The van der Waals surface area contributed by atoms with Gasteiger partial charge in [-0.2, -0.15) is 0 Å². The number of halogens is 1. The zero-order chi connectivity index (χ0) is 11.3. The molecule has 0 bridgehead atoms. The zero-order valence-electron chi connectivity index (χ0n) is 9.24. The second kappa shape index (κ2) is 5.71. The lowest BCUT2D eigenvalue weighted by molar-refractivity contribution is 0.250. The van der Waals surface area contributed by atoms with Crippen molar-refractivity contribution in [3.63, 3.8) is 0 Å². The Bertz CT molecular complexity index is 286. The topological polar surface area (TPSA) is 35.2 Å². The summed E-state index contributed by atoms with van der Waals surface area (Å²) in [6.07, 6.45) is 1.04. The van der Waals surface area contributed by atoms with Gasteiger partial charge < -0.3 is 10.5 Å². The van der Waals surface area contributed by atoms with Crippen molar-refractivity contribution >= 4 is 0 Å². The Morgan fingerprint density at radius 3 is 2.47 bits per heavy atom. The van der Waals surface area contributed by atoms with E-state index in [0.717, 1.165) is 6.42 Å². The second-order valence-corrected chi connectivity index (χ2v) is 3.81. The summed E-state index contributed by atoms with van der Waals surface area (Å²) >= 11 is 0. The van der Waals surface area contributed by atoms with Crippen molar-refractivity contribution in [2.24, 2.45) is 11.7 Å². The normalized spacial score (nSPS) is 14.7. The maximum absolute atomic E-state index is 12.6. The van der Waals surface area contributed by atoms with Gasteiger partial charge in [0.25, 0.3) is 0 Å². The van der Waals surface area contributed by atoms with Crippen molar-refractivity contribution in [2.45, 2.75) is 26.3 Å². The summed E-state index contributed by atoms with van der Waals surface area (Å²) in [5.74, 6) is 0.842. The third kappa shape index (κ3) is 3.88. The molecular weight excluding hydrogens is 193 g/mol. The third-order valence-electron chi connectivity index (χ3n) is 2.63.